The molecule has 1 unspecified atom stereocenters. The molecular weight excluding hydrogens is 247 g/mol. The summed E-state index contributed by atoms with van der Waals surface area (Å²) >= 11 is 3.19. The second kappa shape index (κ2) is 5.14. The van der Waals surface area contributed by atoms with Crippen LogP contribution in [0.3, 0.4) is 0 Å². The summed E-state index contributed by atoms with van der Waals surface area (Å²) in [5.41, 5.74) is 0.273. The van der Waals surface area contributed by atoms with Crippen LogP contribution in [0.1, 0.15) is 25.0 Å². The summed E-state index contributed by atoms with van der Waals surface area (Å²) in [7, 11) is 0. The molecule has 1 rings (SSSR count). The lowest BCUT2D eigenvalue weighted by Crippen LogP contribution is -2.00. The lowest BCUT2D eigenvalue weighted by Gasteiger charge is -2.10. The van der Waals surface area contributed by atoms with E-state index in [1.807, 2.05) is 0 Å². The molecule has 0 aliphatic rings. The molecule has 0 aliphatic heterocycles. The number of hydrogen-bond acceptors (Lipinski definition) is 1. The van der Waals surface area contributed by atoms with Crippen molar-refractivity contribution in [1.29, 1.82) is 0 Å². The highest BCUT2D eigenvalue weighted by Crippen LogP contribution is 2.27. The van der Waals surface area contributed by atoms with Crippen LogP contribution in [-0.2, 0) is 0 Å². The molecule has 0 spiro atoms. The van der Waals surface area contributed by atoms with E-state index in [0.29, 0.717) is 4.47 Å². The number of benzene rings is 1. The number of aliphatic hydroxyl groups excluding tert-OH is 1. The largest absolute Gasteiger partial charge is 0.387 e. The molecule has 0 heterocycles. The van der Waals surface area contributed by atoms with E-state index >= 15 is 0 Å². The van der Waals surface area contributed by atoms with E-state index < -0.39 is 11.9 Å². The van der Waals surface area contributed by atoms with Gasteiger partial charge in [-0.25, -0.2) is 4.39 Å². The van der Waals surface area contributed by atoms with Gasteiger partial charge in [-0.3, -0.25) is 0 Å². The van der Waals surface area contributed by atoms with E-state index in [0.717, 1.165) is 0 Å². The van der Waals surface area contributed by atoms with Gasteiger partial charge in [0.15, 0.2) is 0 Å². The molecule has 1 aromatic carbocycles. The summed E-state index contributed by atoms with van der Waals surface area (Å²) in [6.07, 6.45) is -0.631. The van der Waals surface area contributed by atoms with E-state index in [1.165, 1.54) is 6.07 Å². The maximum absolute atomic E-state index is 13.3. The highest BCUT2D eigenvalue weighted by Gasteiger charge is 2.14. The molecule has 0 fully saturated rings. The smallest absolute Gasteiger partial charge is 0.130 e. The molecule has 74 valence electrons. The van der Waals surface area contributed by atoms with E-state index in [2.05, 4.69) is 27.8 Å². The predicted octanol–water partition coefficient (Wildman–Crippen LogP) is 3.04. The van der Waals surface area contributed by atoms with Crippen molar-refractivity contribution in [2.75, 3.05) is 0 Å². The molecule has 0 bridgehead atoms. The maximum Gasteiger partial charge on any atom is 0.130 e. The summed E-state index contributed by atoms with van der Waals surface area (Å²) < 4.78 is 13.9. The highest BCUT2D eigenvalue weighted by molar-refractivity contribution is 9.10. The zero-order valence-electron chi connectivity index (χ0n) is 7.72. The number of rotatable bonds is 2. The summed E-state index contributed by atoms with van der Waals surface area (Å²) in [6, 6.07) is 4.60. The minimum Gasteiger partial charge on any atom is -0.387 e. The monoisotopic (exact) mass is 256 g/mol. The zero-order valence-corrected chi connectivity index (χ0v) is 9.31. The SMILES string of the molecule is CC#CCC(O)c1c(F)cccc1Br. The Balaban J connectivity index is 2.97. The molecule has 0 saturated carbocycles. The molecule has 0 aliphatic carbocycles. The van der Waals surface area contributed by atoms with Gasteiger partial charge in [0, 0.05) is 16.5 Å². The van der Waals surface area contributed by atoms with Crippen molar-refractivity contribution in [3.05, 3.63) is 34.1 Å². The third-order valence-electron chi connectivity index (χ3n) is 1.81. The molecular formula is C11H10BrFO. The Labute approximate surface area is 91.1 Å². The van der Waals surface area contributed by atoms with Crippen molar-refractivity contribution in [2.45, 2.75) is 19.4 Å². The van der Waals surface area contributed by atoms with Crippen LogP contribution >= 0.6 is 15.9 Å². The Morgan fingerprint density at radius 3 is 2.86 bits per heavy atom. The molecule has 14 heavy (non-hydrogen) atoms. The molecule has 0 amide bonds. The molecule has 0 radical (unpaired) electrons. The fraction of sp³-hybridized carbons (Fsp3) is 0.273. The molecule has 1 N–H and O–H groups in total. The molecule has 1 nitrogen and oxygen atoms in total. The van der Waals surface area contributed by atoms with Gasteiger partial charge in [-0.1, -0.05) is 22.0 Å². The lowest BCUT2D eigenvalue weighted by atomic mass is 10.1. The van der Waals surface area contributed by atoms with Gasteiger partial charge in [-0.15, -0.1) is 11.8 Å². The average Bonchev–Trinajstić information content (AvgIpc) is 2.14. The third-order valence-corrected chi connectivity index (χ3v) is 2.50. The first kappa shape index (κ1) is 11.2. The first-order chi connectivity index (χ1) is 6.66. The minimum atomic E-state index is -0.877. The Bertz CT molecular complexity index is 358. The van der Waals surface area contributed by atoms with Crippen molar-refractivity contribution < 1.29 is 9.50 Å². The van der Waals surface area contributed by atoms with Crippen LogP contribution in [0.4, 0.5) is 4.39 Å². The summed E-state index contributed by atoms with van der Waals surface area (Å²) in [5.74, 6) is 4.96. The summed E-state index contributed by atoms with van der Waals surface area (Å²) in [5, 5.41) is 9.64. The first-order valence-corrected chi connectivity index (χ1v) is 4.97. The summed E-state index contributed by atoms with van der Waals surface area (Å²) in [6.45, 7) is 1.68. The van der Waals surface area contributed by atoms with Crippen LogP contribution in [0.15, 0.2) is 22.7 Å². The van der Waals surface area contributed by atoms with Crippen LogP contribution in [-0.4, -0.2) is 5.11 Å². The minimum absolute atomic E-state index is 0.246. The van der Waals surface area contributed by atoms with Crippen LogP contribution < -0.4 is 0 Å². The van der Waals surface area contributed by atoms with E-state index in [9.17, 15) is 9.50 Å². The Kier molecular flexibility index (Phi) is 4.12. The third kappa shape index (κ3) is 2.57. The topological polar surface area (TPSA) is 20.2 Å². The van der Waals surface area contributed by atoms with Gasteiger partial charge in [0.05, 0.1) is 6.10 Å². The van der Waals surface area contributed by atoms with Gasteiger partial charge in [-0.2, -0.15) is 0 Å². The second-order valence-electron chi connectivity index (χ2n) is 2.78. The lowest BCUT2D eigenvalue weighted by molar-refractivity contribution is 0.178. The van der Waals surface area contributed by atoms with Crippen LogP contribution in [0, 0.1) is 17.7 Å². The number of halogens is 2. The zero-order chi connectivity index (χ0) is 10.6. The van der Waals surface area contributed by atoms with E-state index in [-0.39, 0.29) is 12.0 Å². The molecule has 1 aromatic rings. The van der Waals surface area contributed by atoms with Gasteiger partial charge in [0.1, 0.15) is 5.82 Å². The Morgan fingerprint density at radius 1 is 1.57 bits per heavy atom. The molecule has 1 atom stereocenters. The summed E-state index contributed by atoms with van der Waals surface area (Å²) in [4.78, 5) is 0. The Hall–Kier alpha value is -0.850. The standard InChI is InChI=1S/C11H10BrFO/c1-2-3-7-10(14)11-8(12)5-4-6-9(11)13/h4-6,10,14H,7H2,1H3. The van der Waals surface area contributed by atoms with Crippen molar-refractivity contribution in [3.8, 4) is 11.8 Å². The fourth-order valence-corrected chi connectivity index (χ4v) is 1.74. The van der Waals surface area contributed by atoms with Crippen molar-refractivity contribution in [1.82, 2.24) is 0 Å². The Morgan fingerprint density at radius 2 is 2.29 bits per heavy atom. The van der Waals surface area contributed by atoms with E-state index in [4.69, 9.17) is 0 Å². The number of hydrogen-bond donors (Lipinski definition) is 1. The average molecular weight is 257 g/mol. The van der Waals surface area contributed by atoms with Gasteiger partial charge >= 0.3 is 0 Å². The predicted molar refractivity (Wildman–Crippen MR) is 57.1 cm³/mol. The van der Waals surface area contributed by atoms with E-state index in [1.54, 1.807) is 19.1 Å². The molecule has 0 saturated heterocycles. The van der Waals surface area contributed by atoms with Gasteiger partial charge in [0.2, 0.25) is 0 Å². The number of aliphatic hydroxyl groups is 1. The van der Waals surface area contributed by atoms with Crippen LogP contribution in [0.5, 0.6) is 0 Å². The van der Waals surface area contributed by atoms with Gasteiger partial charge in [0.25, 0.3) is 0 Å². The van der Waals surface area contributed by atoms with Crippen molar-refractivity contribution >= 4 is 15.9 Å². The quantitative estimate of drug-likeness (QED) is 0.807. The first-order valence-electron chi connectivity index (χ1n) is 4.18. The normalized spacial score (nSPS) is 11.7. The second-order valence-corrected chi connectivity index (χ2v) is 3.64. The van der Waals surface area contributed by atoms with Crippen LogP contribution in [0.25, 0.3) is 0 Å². The van der Waals surface area contributed by atoms with Gasteiger partial charge < -0.3 is 5.11 Å². The fourth-order valence-electron chi connectivity index (χ4n) is 1.13. The van der Waals surface area contributed by atoms with Crippen molar-refractivity contribution in [3.63, 3.8) is 0 Å². The van der Waals surface area contributed by atoms with Crippen molar-refractivity contribution in [2.24, 2.45) is 0 Å². The van der Waals surface area contributed by atoms with Crippen LogP contribution in [0.2, 0.25) is 0 Å². The molecule has 0 aromatic heterocycles. The maximum atomic E-state index is 13.3. The highest BCUT2D eigenvalue weighted by atomic mass is 79.9. The molecule has 3 heteroatoms. The van der Waals surface area contributed by atoms with Gasteiger partial charge in [-0.05, 0) is 19.1 Å².